The first-order valence-electron chi connectivity index (χ1n) is 24.7. The van der Waals surface area contributed by atoms with Crippen LogP contribution in [-0.2, 0) is 23.7 Å². The van der Waals surface area contributed by atoms with Crippen molar-refractivity contribution >= 4 is 5.97 Å². The lowest BCUT2D eigenvalue weighted by molar-refractivity contribution is -0.305. The van der Waals surface area contributed by atoms with Crippen LogP contribution in [0.1, 0.15) is 181 Å². The van der Waals surface area contributed by atoms with Crippen LogP contribution < -0.4 is 0 Å². The van der Waals surface area contributed by atoms with Gasteiger partial charge in [0.1, 0.15) is 30.5 Å². The molecule has 4 N–H and O–H groups in total. The van der Waals surface area contributed by atoms with Crippen LogP contribution in [0, 0.1) is 0 Å². The zero-order chi connectivity index (χ0) is 45.0. The van der Waals surface area contributed by atoms with Gasteiger partial charge in [-0.2, -0.15) is 0 Å². The SMILES string of the molecule is CC/C=C\C/C=C\C/C=C\C/C=C\C/C=C\C/C=C\C/C=C\CCCC(=O)OC(COCCCCCCCCCCCCCCCCCC)COC1OC(CO)C(O)C(O)C1O. The molecule has 0 amide bonds. The van der Waals surface area contributed by atoms with Crippen LogP contribution in [0.4, 0.5) is 0 Å². The molecule has 0 saturated carbocycles. The highest BCUT2D eigenvalue weighted by atomic mass is 16.7. The van der Waals surface area contributed by atoms with Gasteiger partial charge in [-0.3, -0.25) is 4.79 Å². The largest absolute Gasteiger partial charge is 0.457 e. The second-order valence-corrected chi connectivity index (χ2v) is 16.5. The molecule has 356 valence electrons. The summed E-state index contributed by atoms with van der Waals surface area (Å²) >= 11 is 0. The van der Waals surface area contributed by atoms with Crippen molar-refractivity contribution < 1.29 is 44.2 Å². The lowest BCUT2D eigenvalue weighted by Gasteiger charge is -2.39. The molecule has 1 rings (SSSR count). The van der Waals surface area contributed by atoms with Crippen molar-refractivity contribution in [3.05, 3.63) is 85.1 Å². The Balaban J connectivity index is 2.29. The predicted molar refractivity (Wildman–Crippen MR) is 256 cm³/mol. The third kappa shape index (κ3) is 33.9. The molecule has 1 saturated heterocycles. The molecule has 1 aliphatic rings. The first-order chi connectivity index (χ1) is 30.4. The zero-order valence-corrected chi connectivity index (χ0v) is 39.1. The number of ether oxygens (including phenoxy) is 4. The third-order valence-corrected chi connectivity index (χ3v) is 10.8. The fourth-order valence-corrected chi connectivity index (χ4v) is 7.01. The minimum Gasteiger partial charge on any atom is -0.457 e. The highest BCUT2D eigenvalue weighted by molar-refractivity contribution is 5.69. The number of esters is 1. The lowest BCUT2D eigenvalue weighted by atomic mass is 9.99. The van der Waals surface area contributed by atoms with Crippen molar-refractivity contribution in [1.29, 1.82) is 0 Å². The lowest BCUT2D eigenvalue weighted by Crippen LogP contribution is -2.59. The fourth-order valence-electron chi connectivity index (χ4n) is 7.01. The van der Waals surface area contributed by atoms with E-state index >= 15 is 0 Å². The topological polar surface area (TPSA) is 135 Å². The van der Waals surface area contributed by atoms with Gasteiger partial charge < -0.3 is 39.4 Å². The molecular formula is C53H90O9. The molecule has 0 spiro atoms. The van der Waals surface area contributed by atoms with E-state index in [2.05, 4.69) is 98.9 Å². The molecule has 0 aromatic carbocycles. The van der Waals surface area contributed by atoms with Crippen LogP contribution in [0.15, 0.2) is 85.1 Å². The van der Waals surface area contributed by atoms with Gasteiger partial charge in [0.2, 0.25) is 0 Å². The number of unbranched alkanes of at least 4 members (excludes halogenated alkanes) is 16. The number of carbonyl (C=O) groups is 1. The molecule has 1 fully saturated rings. The quantitative estimate of drug-likeness (QED) is 0.0269. The molecule has 1 heterocycles. The monoisotopic (exact) mass is 871 g/mol. The number of aliphatic hydroxyl groups excluding tert-OH is 4. The highest BCUT2D eigenvalue weighted by Gasteiger charge is 2.44. The molecule has 1 aliphatic heterocycles. The summed E-state index contributed by atoms with van der Waals surface area (Å²) in [5, 5.41) is 40.2. The average molecular weight is 871 g/mol. The fraction of sp³-hybridized carbons (Fsp3) is 0.717. The van der Waals surface area contributed by atoms with Gasteiger partial charge in [0.15, 0.2) is 6.29 Å². The smallest absolute Gasteiger partial charge is 0.306 e. The standard InChI is InChI=1S/C53H90O9/c1-3-5-7-9-11-13-15-17-19-21-22-23-24-25-26-27-28-30-32-34-36-38-40-42-49(55)61-47(46-60-53-52(58)51(57)50(56)48(44-54)62-53)45-59-43-41-39-37-35-33-31-29-20-18-16-14-12-10-8-6-4-2/h5,7,11,13,17,19,22-23,25-26,28,30,34,36,47-48,50-54,56-58H,3-4,6,8-10,12,14-16,18,20-21,24,27,29,31-33,35,37-46H2,1-2H3/b7-5-,13-11-,19-17-,23-22-,26-25-,30-28-,36-34-. The van der Waals surface area contributed by atoms with Crippen LogP contribution in [0.25, 0.3) is 0 Å². The van der Waals surface area contributed by atoms with Crippen LogP contribution in [0.2, 0.25) is 0 Å². The Morgan fingerprint density at radius 2 is 0.968 bits per heavy atom. The number of rotatable bonds is 41. The molecule has 6 unspecified atom stereocenters. The van der Waals surface area contributed by atoms with Gasteiger partial charge in [-0.25, -0.2) is 0 Å². The van der Waals surface area contributed by atoms with Crippen LogP contribution in [0.3, 0.4) is 0 Å². The Hall–Kier alpha value is -2.63. The molecular weight excluding hydrogens is 781 g/mol. The summed E-state index contributed by atoms with van der Waals surface area (Å²) in [5.41, 5.74) is 0. The van der Waals surface area contributed by atoms with Gasteiger partial charge in [0.25, 0.3) is 0 Å². The van der Waals surface area contributed by atoms with E-state index in [-0.39, 0.29) is 25.6 Å². The van der Waals surface area contributed by atoms with Crippen LogP contribution >= 0.6 is 0 Å². The van der Waals surface area contributed by atoms with Gasteiger partial charge in [0.05, 0.1) is 19.8 Å². The summed E-state index contributed by atoms with van der Waals surface area (Å²) in [7, 11) is 0. The second-order valence-electron chi connectivity index (χ2n) is 16.5. The number of allylic oxidation sites excluding steroid dienone is 14. The Bertz CT molecular complexity index is 1220. The van der Waals surface area contributed by atoms with Crippen molar-refractivity contribution in [2.45, 2.75) is 218 Å². The number of aliphatic hydroxyl groups is 4. The van der Waals surface area contributed by atoms with Gasteiger partial charge in [-0.1, -0.05) is 195 Å². The molecule has 62 heavy (non-hydrogen) atoms. The maximum Gasteiger partial charge on any atom is 0.306 e. The Morgan fingerprint density at radius 1 is 0.532 bits per heavy atom. The van der Waals surface area contributed by atoms with Crippen molar-refractivity contribution in [3.63, 3.8) is 0 Å². The van der Waals surface area contributed by atoms with Crippen molar-refractivity contribution in [2.75, 3.05) is 26.4 Å². The van der Waals surface area contributed by atoms with Gasteiger partial charge in [0, 0.05) is 13.0 Å². The Morgan fingerprint density at radius 3 is 1.42 bits per heavy atom. The summed E-state index contributed by atoms with van der Waals surface area (Å²) in [6, 6.07) is 0. The van der Waals surface area contributed by atoms with Crippen molar-refractivity contribution in [1.82, 2.24) is 0 Å². The third-order valence-electron chi connectivity index (χ3n) is 10.8. The minimum atomic E-state index is -1.55. The van der Waals surface area contributed by atoms with E-state index in [1.807, 2.05) is 0 Å². The number of hydrogen-bond donors (Lipinski definition) is 4. The number of hydrogen-bond acceptors (Lipinski definition) is 9. The van der Waals surface area contributed by atoms with Crippen LogP contribution in [0.5, 0.6) is 0 Å². The van der Waals surface area contributed by atoms with E-state index in [4.69, 9.17) is 18.9 Å². The zero-order valence-electron chi connectivity index (χ0n) is 39.1. The van der Waals surface area contributed by atoms with Gasteiger partial charge in [-0.15, -0.1) is 0 Å². The first kappa shape index (κ1) is 57.4. The number of carbonyl (C=O) groups excluding carboxylic acids is 1. The maximum atomic E-state index is 12.8. The summed E-state index contributed by atoms with van der Waals surface area (Å²) in [4.78, 5) is 12.8. The Kier molecular flexibility index (Phi) is 40.4. The van der Waals surface area contributed by atoms with E-state index in [1.165, 1.54) is 89.9 Å². The molecule has 9 heteroatoms. The van der Waals surface area contributed by atoms with E-state index in [1.54, 1.807) is 0 Å². The normalized spacial score (nSPS) is 20.5. The molecule has 0 aromatic heterocycles. The van der Waals surface area contributed by atoms with E-state index < -0.39 is 43.4 Å². The Labute approximate surface area is 378 Å². The average Bonchev–Trinajstić information content (AvgIpc) is 3.27. The first-order valence-corrected chi connectivity index (χ1v) is 24.7. The minimum absolute atomic E-state index is 0.119. The molecule has 0 bridgehead atoms. The van der Waals surface area contributed by atoms with Crippen molar-refractivity contribution in [2.24, 2.45) is 0 Å². The summed E-state index contributed by atoms with van der Waals surface area (Å²) in [6.07, 6.45) is 51.9. The molecule has 9 nitrogen and oxygen atoms in total. The van der Waals surface area contributed by atoms with E-state index in [0.717, 1.165) is 64.2 Å². The van der Waals surface area contributed by atoms with E-state index in [9.17, 15) is 25.2 Å². The molecule has 6 atom stereocenters. The highest BCUT2D eigenvalue weighted by Crippen LogP contribution is 2.22. The van der Waals surface area contributed by atoms with Gasteiger partial charge in [-0.05, 0) is 64.2 Å². The van der Waals surface area contributed by atoms with Gasteiger partial charge >= 0.3 is 5.97 Å². The maximum absolute atomic E-state index is 12.8. The summed E-state index contributed by atoms with van der Waals surface area (Å²) in [6.45, 7) is 4.38. The molecule has 0 aromatic rings. The van der Waals surface area contributed by atoms with Crippen LogP contribution in [-0.4, -0.2) is 89.6 Å². The molecule has 0 radical (unpaired) electrons. The summed E-state index contributed by atoms with van der Waals surface area (Å²) in [5.74, 6) is -0.372. The second kappa shape index (κ2) is 43.6. The summed E-state index contributed by atoms with van der Waals surface area (Å²) < 4.78 is 22.8. The van der Waals surface area contributed by atoms with E-state index in [0.29, 0.717) is 13.0 Å². The van der Waals surface area contributed by atoms with Crippen molar-refractivity contribution in [3.8, 4) is 0 Å². The predicted octanol–water partition coefficient (Wildman–Crippen LogP) is 11.8. The molecule has 0 aliphatic carbocycles.